The van der Waals surface area contributed by atoms with Gasteiger partial charge in [-0.1, -0.05) is 13.0 Å². The lowest BCUT2D eigenvalue weighted by atomic mass is 10.1. The van der Waals surface area contributed by atoms with Crippen molar-refractivity contribution in [2.24, 2.45) is 0 Å². The first-order chi connectivity index (χ1) is 9.88. The summed E-state index contributed by atoms with van der Waals surface area (Å²) in [6, 6.07) is 3.43. The highest BCUT2D eigenvalue weighted by Gasteiger charge is 2.22. The smallest absolute Gasteiger partial charge is 0.284 e. The maximum absolute atomic E-state index is 12.1. The minimum Gasteiger partial charge on any atom is -0.354 e. The Morgan fingerprint density at radius 1 is 1.43 bits per heavy atom. The summed E-state index contributed by atoms with van der Waals surface area (Å²) in [7, 11) is 0. The summed E-state index contributed by atoms with van der Waals surface area (Å²) in [6.07, 6.45) is 0.794. The molecule has 1 aromatic rings. The quantitative estimate of drug-likeness (QED) is 0.600. The van der Waals surface area contributed by atoms with E-state index in [2.05, 4.69) is 26.6 Å². The van der Waals surface area contributed by atoms with Crippen molar-refractivity contribution in [1.29, 1.82) is 0 Å². The Balaban J connectivity index is 2.83. The standard InChI is InChI=1S/C13H16BrN3O4/c1-3-7-15-12(18)8(2)16-13(19)9-5-4-6-10(11(9)14)17(20)21/h4-6,8H,3,7H2,1-2H3,(H,15,18)(H,16,19). The summed E-state index contributed by atoms with van der Waals surface area (Å²) in [4.78, 5) is 34.0. The molecule has 1 aromatic carbocycles. The maximum atomic E-state index is 12.1. The van der Waals surface area contributed by atoms with E-state index in [9.17, 15) is 19.7 Å². The minimum atomic E-state index is -0.727. The number of carbonyl (C=O) groups is 2. The Labute approximate surface area is 130 Å². The molecule has 0 aliphatic rings. The molecule has 1 atom stereocenters. The molecule has 0 aliphatic carbocycles. The molecular weight excluding hydrogens is 342 g/mol. The van der Waals surface area contributed by atoms with Gasteiger partial charge in [-0.3, -0.25) is 19.7 Å². The van der Waals surface area contributed by atoms with Crippen LogP contribution in [0.3, 0.4) is 0 Å². The van der Waals surface area contributed by atoms with Gasteiger partial charge in [0, 0.05) is 12.6 Å². The molecular formula is C13H16BrN3O4. The van der Waals surface area contributed by atoms with E-state index < -0.39 is 16.9 Å². The van der Waals surface area contributed by atoms with Crippen LogP contribution in [-0.2, 0) is 4.79 Å². The molecule has 0 saturated heterocycles. The van der Waals surface area contributed by atoms with E-state index in [0.29, 0.717) is 6.54 Å². The van der Waals surface area contributed by atoms with Gasteiger partial charge in [-0.25, -0.2) is 0 Å². The molecule has 7 nitrogen and oxygen atoms in total. The third-order valence-corrected chi connectivity index (χ3v) is 3.54. The van der Waals surface area contributed by atoms with Gasteiger partial charge in [0.05, 0.1) is 10.5 Å². The second kappa shape index (κ2) is 7.72. The number of nitrogens with one attached hydrogen (secondary N) is 2. The number of benzene rings is 1. The van der Waals surface area contributed by atoms with Crippen LogP contribution in [0.25, 0.3) is 0 Å². The first kappa shape index (κ1) is 17.1. The Kier molecular flexibility index (Phi) is 6.29. The molecule has 0 bridgehead atoms. The molecule has 0 fully saturated rings. The highest BCUT2D eigenvalue weighted by molar-refractivity contribution is 9.10. The Morgan fingerprint density at radius 2 is 2.10 bits per heavy atom. The van der Waals surface area contributed by atoms with Gasteiger partial charge in [0.25, 0.3) is 11.6 Å². The van der Waals surface area contributed by atoms with Crippen molar-refractivity contribution in [2.75, 3.05) is 6.54 Å². The van der Waals surface area contributed by atoms with E-state index in [4.69, 9.17) is 0 Å². The summed E-state index contributed by atoms with van der Waals surface area (Å²) in [5, 5.41) is 16.0. The van der Waals surface area contributed by atoms with Crippen molar-refractivity contribution in [3.8, 4) is 0 Å². The topological polar surface area (TPSA) is 101 Å². The zero-order chi connectivity index (χ0) is 16.0. The largest absolute Gasteiger partial charge is 0.354 e. The fourth-order valence-electron chi connectivity index (χ4n) is 1.58. The Bertz CT molecular complexity index is 562. The van der Waals surface area contributed by atoms with Crippen LogP contribution in [0.2, 0.25) is 0 Å². The zero-order valence-electron chi connectivity index (χ0n) is 11.7. The Morgan fingerprint density at radius 3 is 2.67 bits per heavy atom. The summed E-state index contributed by atoms with van der Waals surface area (Å²) in [5.41, 5.74) is -0.0925. The monoisotopic (exact) mass is 357 g/mol. The number of hydrogen-bond donors (Lipinski definition) is 2. The third kappa shape index (κ3) is 4.52. The van der Waals surface area contributed by atoms with Gasteiger partial charge in [0.1, 0.15) is 10.5 Å². The predicted octanol–water partition coefficient (Wildman–Crippen LogP) is 2.00. The lowest BCUT2D eigenvalue weighted by Gasteiger charge is -2.14. The highest BCUT2D eigenvalue weighted by atomic mass is 79.9. The third-order valence-electron chi connectivity index (χ3n) is 2.71. The molecule has 0 spiro atoms. The van der Waals surface area contributed by atoms with Gasteiger partial charge < -0.3 is 10.6 Å². The van der Waals surface area contributed by atoms with Crippen LogP contribution in [0.4, 0.5) is 5.69 Å². The van der Waals surface area contributed by atoms with Gasteiger partial charge >= 0.3 is 0 Å². The van der Waals surface area contributed by atoms with E-state index in [1.807, 2.05) is 6.92 Å². The van der Waals surface area contributed by atoms with E-state index in [1.165, 1.54) is 18.2 Å². The van der Waals surface area contributed by atoms with Gasteiger partial charge in [-0.15, -0.1) is 0 Å². The molecule has 0 aromatic heterocycles. The van der Waals surface area contributed by atoms with E-state index >= 15 is 0 Å². The van der Waals surface area contributed by atoms with E-state index in [1.54, 1.807) is 6.92 Å². The number of nitro groups is 1. The SMILES string of the molecule is CCCNC(=O)C(C)NC(=O)c1cccc([N+](=O)[O-])c1Br. The van der Waals surface area contributed by atoms with Gasteiger partial charge in [-0.05, 0) is 35.3 Å². The van der Waals surface area contributed by atoms with E-state index in [-0.39, 0.29) is 21.6 Å². The summed E-state index contributed by atoms with van der Waals surface area (Å²) < 4.78 is 0.0914. The second-order valence-corrected chi connectivity index (χ2v) is 5.17. The van der Waals surface area contributed by atoms with Crippen LogP contribution >= 0.6 is 15.9 Å². The first-order valence-electron chi connectivity index (χ1n) is 6.40. The minimum absolute atomic E-state index is 0.0914. The average molecular weight is 358 g/mol. The van der Waals surface area contributed by atoms with Crippen molar-refractivity contribution >= 4 is 33.4 Å². The summed E-state index contributed by atoms with van der Waals surface area (Å²) in [6.45, 7) is 4.00. The lowest BCUT2D eigenvalue weighted by Crippen LogP contribution is -2.45. The Hall–Kier alpha value is -1.96. The van der Waals surface area contributed by atoms with Crippen LogP contribution in [0.1, 0.15) is 30.6 Å². The highest BCUT2D eigenvalue weighted by Crippen LogP contribution is 2.28. The number of halogens is 1. The molecule has 1 rings (SSSR count). The van der Waals surface area contributed by atoms with Crippen LogP contribution in [0.15, 0.2) is 22.7 Å². The number of nitro benzene ring substituents is 1. The fourth-order valence-corrected chi connectivity index (χ4v) is 2.17. The van der Waals surface area contributed by atoms with Crippen molar-refractivity contribution in [3.63, 3.8) is 0 Å². The van der Waals surface area contributed by atoms with Gasteiger partial charge in [-0.2, -0.15) is 0 Å². The van der Waals surface area contributed by atoms with Crippen molar-refractivity contribution in [2.45, 2.75) is 26.3 Å². The molecule has 0 saturated carbocycles. The number of carbonyl (C=O) groups excluding carboxylic acids is 2. The molecule has 0 heterocycles. The molecule has 2 N–H and O–H groups in total. The summed E-state index contributed by atoms with van der Waals surface area (Å²) >= 11 is 3.05. The van der Waals surface area contributed by atoms with Crippen LogP contribution in [-0.4, -0.2) is 29.3 Å². The summed E-state index contributed by atoms with van der Waals surface area (Å²) in [5.74, 6) is -0.850. The van der Waals surface area contributed by atoms with Crippen LogP contribution in [0, 0.1) is 10.1 Å². The van der Waals surface area contributed by atoms with Crippen molar-refractivity contribution < 1.29 is 14.5 Å². The number of amides is 2. The van der Waals surface area contributed by atoms with Gasteiger partial charge in [0.2, 0.25) is 5.91 Å². The second-order valence-electron chi connectivity index (χ2n) is 4.38. The van der Waals surface area contributed by atoms with Crippen LogP contribution < -0.4 is 10.6 Å². The molecule has 0 aliphatic heterocycles. The molecule has 114 valence electrons. The molecule has 21 heavy (non-hydrogen) atoms. The zero-order valence-corrected chi connectivity index (χ0v) is 13.3. The fraction of sp³-hybridized carbons (Fsp3) is 0.385. The van der Waals surface area contributed by atoms with Gasteiger partial charge in [0.15, 0.2) is 0 Å². The lowest BCUT2D eigenvalue weighted by molar-refractivity contribution is -0.385. The van der Waals surface area contributed by atoms with Crippen LogP contribution in [0.5, 0.6) is 0 Å². The average Bonchev–Trinajstić information content (AvgIpc) is 2.44. The number of hydrogen-bond acceptors (Lipinski definition) is 4. The van der Waals surface area contributed by atoms with E-state index in [0.717, 1.165) is 6.42 Å². The van der Waals surface area contributed by atoms with Crippen molar-refractivity contribution in [3.05, 3.63) is 38.3 Å². The predicted molar refractivity (Wildman–Crippen MR) is 81.0 cm³/mol. The molecule has 0 radical (unpaired) electrons. The normalized spacial score (nSPS) is 11.6. The maximum Gasteiger partial charge on any atom is 0.284 e. The van der Waals surface area contributed by atoms with Crippen molar-refractivity contribution in [1.82, 2.24) is 10.6 Å². The number of nitrogens with zero attached hydrogens (tertiary/aromatic N) is 1. The number of rotatable bonds is 6. The molecule has 2 amide bonds. The molecule has 8 heteroatoms. The molecule has 1 unspecified atom stereocenters. The first-order valence-corrected chi connectivity index (χ1v) is 7.19.